The summed E-state index contributed by atoms with van der Waals surface area (Å²) in [4.78, 5) is 0.120. The van der Waals surface area contributed by atoms with Gasteiger partial charge < -0.3 is 10.6 Å². The molecule has 0 atom stereocenters. The standard InChI is InChI=1S/C8H9ClN2O2S/c9-14(12,13)6-1-2-7-8(5-6)11-4-3-10-7/h1-2,5,10-11H,3-4H2. The molecule has 1 aromatic carbocycles. The molecule has 1 aliphatic heterocycles. The van der Waals surface area contributed by atoms with Gasteiger partial charge in [0.05, 0.1) is 16.3 Å². The summed E-state index contributed by atoms with van der Waals surface area (Å²) in [5.41, 5.74) is 1.68. The molecule has 1 aromatic rings. The first kappa shape index (κ1) is 9.61. The normalized spacial score (nSPS) is 15.2. The number of hydrogen-bond acceptors (Lipinski definition) is 4. The van der Waals surface area contributed by atoms with E-state index in [0.717, 1.165) is 24.5 Å². The Balaban J connectivity index is 2.49. The molecule has 1 heterocycles. The number of hydrogen-bond donors (Lipinski definition) is 2. The van der Waals surface area contributed by atoms with Gasteiger partial charge in [-0.25, -0.2) is 8.42 Å². The monoisotopic (exact) mass is 232 g/mol. The predicted molar refractivity (Wildman–Crippen MR) is 56.5 cm³/mol. The van der Waals surface area contributed by atoms with Crippen molar-refractivity contribution >= 4 is 31.1 Å². The number of rotatable bonds is 1. The molecule has 1 aliphatic rings. The average Bonchev–Trinajstić information content (AvgIpc) is 2.16. The maximum Gasteiger partial charge on any atom is 0.261 e. The molecule has 0 fully saturated rings. The highest BCUT2D eigenvalue weighted by atomic mass is 35.7. The molecular weight excluding hydrogens is 224 g/mol. The van der Waals surface area contributed by atoms with Crippen molar-refractivity contribution in [2.75, 3.05) is 23.7 Å². The van der Waals surface area contributed by atoms with Crippen molar-refractivity contribution in [3.8, 4) is 0 Å². The lowest BCUT2D eigenvalue weighted by Gasteiger charge is -2.19. The molecule has 0 amide bonds. The highest BCUT2D eigenvalue weighted by Crippen LogP contribution is 2.28. The van der Waals surface area contributed by atoms with Crippen LogP contribution in [0.3, 0.4) is 0 Å². The van der Waals surface area contributed by atoms with E-state index in [1.807, 2.05) is 0 Å². The molecule has 14 heavy (non-hydrogen) atoms. The summed E-state index contributed by atoms with van der Waals surface area (Å²) in [6.45, 7) is 1.61. The maximum atomic E-state index is 11.0. The number of benzene rings is 1. The van der Waals surface area contributed by atoms with Gasteiger partial charge in [-0.05, 0) is 18.2 Å². The van der Waals surface area contributed by atoms with Crippen LogP contribution in [0, 0.1) is 0 Å². The van der Waals surface area contributed by atoms with Crippen molar-refractivity contribution in [1.29, 1.82) is 0 Å². The van der Waals surface area contributed by atoms with Gasteiger partial charge in [0.15, 0.2) is 0 Å². The van der Waals surface area contributed by atoms with Gasteiger partial charge in [-0.3, -0.25) is 0 Å². The second kappa shape index (κ2) is 3.33. The van der Waals surface area contributed by atoms with Crippen LogP contribution in [0.15, 0.2) is 23.1 Å². The zero-order chi connectivity index (χ0) is 10.2. The Morgan fingerprint density at radius 1 is 1.14 bits per heavy atom. The van der Waals surface area contributed by atoms with Gasteiger partial charge in [-0.2, -0.15) is 0 Å². The molecule has 0 aliphatic carbocycles. The zero-order valence-electron chi connectivity index (χ0n) is 7.25. The van der Waals surface area contributed by atoms with Crippen molar-refractivity contribution in [2.24, 2.45) is 0 Å². The molecule has 0 radical (unpaired) electrons. The summed E-state index contributed by atoms with van der Waals surface area (Å²) >= 11 is 0. The number of anilines is 2. The van der Waals surface area contributed by atoms with Crippen LogP contribution < -0.4 is 10.6 Å². The van der Waals surface area contributed by atoms with Crippen LogP contribution in [0.1, 0.15) is 0 Å². The molecule has 0 unspecified atom stereocenters. The minimum atomic E-state index is -3.63. The first-order valence-electron chi connectivity index (χ1n) is 4.14. The third-order valence-corrected chi connectivity index (χ3v) is 3.38. The number of fused-ring (bicyclic) bond motifs is 1. The smallest absolute Gasteiger partial charge is 0.261 e. The van der Waals surface area contributed by atoms with Gasteiger partial charge in [0.2, 0.25) is 0 Å². The molecule has 4 nitrogen and oxygen atoms in total. The predicted octanol–water partition coefficient (Wildman–Crippen LogP) is 1.45. The van der Waals surface area contributed by atoms with Crippen LogP contribution in [-0.2, 0) is 9.05 Å². The Labute approximate surface area is 86.7 Å². The summed E-state index contributed by atoms with van der Waals surface area (Å²) in [7, 11) is 1.59. The summed E-state index contributed by atoms with van der Waals surface area (Å²) in [5.74, 6) is 0. The van der Waals surface area contributed by atoms with E-state index in [2.05, 4.69) is 10.6 Å². The molecule has 0 bridgehead atoms. The molecule has 0 aromatic heterocycles. The van der Waals surface area contributed by atoms with Crippen LogP contribution in [0.2, 0.25) is 0 Å². The highest BCUT2D eigenvalue weighted by Gasteiger charge is 2.14. The summed E-state index contributed by atoms with van der Waals surface area (Å²) in [6.07, 6.45) is 0. The Kier molecular flexibility index (Phi) is 2.28. The van der Waals surface area contributed by atoms with Crippen molar-refractivity contribution < 1.29 is 8.42 Å². The Bertz CT molecular complexity index is 458. The van der Waals surface area contributed by atoms with Crippen LogP contribution in [0.5, 0.6) is 0 Å². The van der Waals surface area contributed by atoms with E-state index in [0.29, 0.717) is 0 Å². The lowest BCUT2D eigenvalue weighted by atomic mass is 10.2. The number of nitrogens with one attached hydrogen (secondary N) is 2. The lowest BCUT2D eigenvalue weighted by Crippen LogP contribution is -2.20. The maximum absolute atomic E-state index is 11.0. The second-order valence-electron chi connectivity index (χ2n) is 3.00. The fourth-order valence-electron chi connectivity index (χ4n) is 1.37. The van der Waals surface area contributed by atoms with Crippen molar-refractivity contribution in [2.45, 2.75) is 4.90 Å². The van der Waals surface area contributed by atoms with Gasteiger partial charge >= 0.3 is 0 Å². The molecule has 0 spiro atoms. The van der Waals surface area contributed by atoms with E-state index in [9.17, 15) is 8.42 Å². The van der Waals surface area contributed by atoms with E-state index in [4.69, 9.17) is 10.7 Å². The first-order chi connectivity index (χ1) is 6.57. The molecule has 0 saturated heterocycles. The fraction of sp³-hybridized carbons (Fsp3) is 0.250. The third-order valence-electron chi connectivity index (χ3n) is 2.03. The summed E-state index contributed by atoms with van der Waals surface area (Å²) < 4.78 is 22.1. The van der Waals surface area contributed by atoms with Gasteiger partial charge in [0.1, 0.15) is 0 Å². The summed E-state index contributed by atoms with van der Waals surface area (Å²) in [5, 5.41) is 6.23. The third kappa shape index (κ3) is 1.78. The highest BCUT2D eigenvalue weighted by molar-refractivity contribution is 8.13. The molecule has 2 N–H and O–H groups in total. The average molecular weight is 233 g/mol. The van der Waals surface area contributed by atoms with Crippen LogP contribution in [-0.4, -0.2) is 21.5 Å². The van der Waals surface area contributed by atoms with E-state index < -0.39 is 9.05 Å². The van der Waals surface area contributed by atoms with Crippen LogP contribution >= 0.6 is 10.7 Å². The zero-order valence-corrected chi connectivity index (χ0v) is 8.82. The molecular formula is C8H9ClN2O2S. The van der Waals surface area contributed by atoms with Gasteiger partial charge in [0.25, 0.3) is 9.05 Å². The minimum absolute atomic E-state index is 0.120. The Morgan fingerprint density at radius 3 is 2.43 bits per heavy atom. The van der Waals surface area contributed by atoms with Crippen molar-refractivity contribution in [3.63, 3.8) is 0 Å². The number of halogens is 1. The first-order valence-corrected chi connectivity index (χ1v) is 6.45. The molecule has 0 saturated carbocycles. The van der Waals surface area contributed by atoms with Crippen LogP contribution in [0.25, 0.3) is 0 Å². The van der Waals surface area contributed by atoms with Crippen molar-refractivity contribution in [3.05, 3.63) is 18.2 Å². The van der Waals surface area contributed by atoms with E-state index >= 15 is 0 Å². The van der Waals surface area contributed by atoms with Gasteiger partial charge in [-0.15, -0.1) is 0 Å². The Morgan fingerprint density at radius 2 is 1.79 bits per heavy atom. The van der Waals surface area contributed by atoms with Crippen LogP contribution in [0.4, 0.5) is 11.4 Å². The van der Waals surface area contributed by atoms with Gasteiger partial charge in [-0.1, -0.05) is 0 Å². The SMILES string of the molecule is O=S(=O)(Cl)c1ccc2c(c1)NCCN2. The molecule has 2 rings (SSSR count). The van der Waals surface area contributed by atoms with Gasteiger partial charge in [0, 0.05) is 23.8 Å². The fourth-order valence-corrected chi connectivity index (χ4v) is 2.15. The van der Waals surface area contributed by atoms with E-state index in [1.165, 1.54) is 12.1 Å². The minimum Gasteiger partial charge on any atom is -0.382 e. The van der Waals surface area contributed by atoms with E-state index in [-0.39, 0.29) is 4.90 Å². The molecule has 76 valence electrons. The quantitative estimate of drug-likeness (QED) is 0.720. The largest absolute Gasteiger partial charge is 0.382 e. The topological polar surface area (TPSA) is 58.2 Å². The van der Waals surface area contributed by atoms with E-state index in [1.54, 1.807) is 6.07 Å². The second-order valence-corrected chi connectivity index (χ2v) is 5.56. The lowest BCUT2D eigenvalue weighted by molar-refractivity contribution is 0.609. The van der Waals surface area contributed by atoms with Crippen molar-refractivity contribution in [1.82, 2.24) is 0 Å². The molecule has 6 heteroatoms. The Hall–Kier alpha value is -0.940. The summed E-state index contributed by atoms with van der Waals surface area (Å²) in [6, 6.07) is 4.72.